The van der Waals surface area contributed by atoms with Crippen molar-refractivity contribution in [2.24, 2.45) is 17.6 Å². The molecule has 0 heterocycles. The Labute approximate surface area is 90.8 Å². The number of aliphatic hydroxyl groups excluding tert-OH is 1. The van der Waals surface area contributed by atoms with Gasteiger partial charge in [-0.3, -0.25) is 0 Å². The fraction of sp³-hybridized carbons (Fsp3) is 0.909. The zero-order chi connectivity index (χ0) is 11.5. The molecule has 0 bridgehead atoms. The molecular weight excluding hydrogens is 194 g/mol. The van der Waals surface area contributed by atoms with Crippen molar-refractivity contribution in [3.63, 3.8) is 0 Å². The molecule has 1 amide bonds. The molecule has 2 atom stereocenters. The van der Waals surface area contributed by atoms with Gasteiger partial charge in [-0.25, -0.2) is 4.79 Å². The van der Waals surface area contributed by atoms with Crippen molar-refractivity contribution in [2.45, 2.75) is 45.1 Å². The molecule has 0 radical (unpaired) electrons. The van der Waals surface area contributed by atoms with Crippen LogP contribution in [0.3, 0.4) is 0 Å². The maximum atomic E-state index is 10.6. The number of primary amides is 1. The van der Waals surface area contributed by atoms with Crippen molar-refractivity contribution in [1.82, 2.24) is 0 Å². The molecular formula is C11H21NO3. The molecule has 1 aliphatic carbocycles. The number of carbonyl (C=O) groups is 1. The number of amides is 1. The summed E-state index contributed by atoms with van der Waals surface area (Å²) in [4.78, 5) is 10.6. The molecule has 0 aromatic rings. The second-order valence-electron chi connectivity index (χ2n) is 5.00. The van der Waals surface area contributed by atoms with Crippen LogP contribution < -0.4 is 5.73 Å². The van der Waals surface area contributed by atoms with Gasteiger partial charge < -0.3 is 15.6 Å². The highest BCUT2D eigenvalue weighted by molar-refractivity contribution is 5.65. The van der Waals surface area contributed by atoms with Crippen molar-refractivity contribution >= 4 is 6.09 Å². The Kier molecular flexibility index (Phi) is 3.97. The van der Waals surface area contributed by atoms with E-state index in [0.29, 0.717) is 11.8 Å². The fourth-order valence-corrected chi connectivity index (χ4v) is 2.11. The highest BCUT2D eigenvalue weighted by Crippen LogP contribution is 2.38. The molecule has 0 spiro atoms. The molecule has 2 unspecified atom stereocenters. The lowest BCUT2D eigenvalue weighted by molar-refractivity contribution is 0.0174. The van der Waals surface area contributed by atoms with E-state index in [0.717, 1.165) is 19.3 Å². The van der Waals surface area contributed by atoms with Crippen LogP contribution in [0.1, 0.15) is 39.5 Å². The fourth-order valence-electron chi connectivity index (χ4n) is 2.11. The summed E-state index contributed by atoms with van der Waals surface area (Å²) in [5.41, 5.74) is 4.50. The van der Waals surface area contributed by atoms with Crippen molar-refractivity contribution in [3.8, 4) is 0 Å². The summed E-state index contributed by atoms with van der Waals surface area (Å²) in [6.07, 6.45) is 3.38. The largest absolute Gasteiger partial charge is 0.444 e. The minimum atomic E-state index is -0.715. The molecule has 3 N–H and O–H groups in total. The number of nitrogens with two attached hydrogens (primary N) is 1. The number of ether oxygens (including phenoxy) is 1. The first-order valence-electron chi connectivity index (χ1n) is 5.54. The van der Waals surface area contributed by atoms with Crippen LogP contribution in [0, 0.1) is 11.8 Å². The van der Waals surface area contributed by atoms with Gasteiger partial charge in [0.1, 0.15) is 5.60 Å². The monoisotopic (exact) mass is 215 g/mol. The average Bonchev–Trinajstić information content (AvgIpc) is 2.00. The number of rotatable bonds is 5. The van der Waals surface area contributed by atoms with Gasteiger partial charge in [0.2, 0.25) is 0 Å². The van der Waals surface area contributed by atoms with E-state index in [9.17, 15) is 4.79 Å². The third-order valence-corrected chi connectivity index (χ3v) is 3.30. The molecule has 1 rings (SSSR count). The zero-order valence-electron chi connectivity index (χ0n) is 9.53. The topological polar surface area (TPSA) is 72.6 Å². The van der Waals surface area contributed by atoms with E-state index >= 15 is 0 Å². The summed E-state index contributed by atoms with van der Waals surface area (Å²) in [5, 5.41) is 9.03. The van der Waals surface area contributed by atoms with Crippen molar-refractivity contribution in [2.75, 3.05) is 6.61 Å². The van der Waals surface area contributed by atoms with E-state index in [1.54, 1.807) is 0 Å². The van der Waals surface area contributed by atoms with Gasteiger partial charge in [0.25, 0.3) is 0 Å². The Morgan fingerprint density at radius 2 is 2.07 bits per heavy atom. The van der Waals surface area contributed by atoms with Gasteiger partial charge in [0.05, 0.1) is 0 Å². The predicted octanol–water partition coefficient (Wildman–Crippen LogP) is 1.66. The minimum absolute atomic E-state index is 0.280. The lowest BCUT2D eigenvalue weighted by Crippen LogP contribution is -2.34. The van der Waals surface area contributed by atoms with E-state index in [-0.39, 0.29) is 6.61 Å². The summed E-state index contributed by atoms with van der Waals surface area (Å²) in [6.45, 7) is 4.01. The first-order valence-corrected chi connectivity index (χ1v) is 5.54. The highest BCUT2D eigenvalue weighted by atomic mass is 16.6. The van der Waals surface area contributed by atoms with Gasteiger partial charge in [0.15, 0.2) is 0 Å². The van der Waals surface area contributed by atoms with E-state index in [4.69, 9.17) is 15.6 Å². The smallest absolute Gasteiger partial charge is 0.405 e. The van der Waals surface area contributed by atoms with E-state index in [1.165, 1.54) is 6.42 Å². The molecule has 1 fully saturated rings. The van der Waals surface area contributed by atoms with Crippen LogP contribution in [0.4, 0.5) is 4.79 Å². The van der Waals surface area contributed by atoms with Crippen LogP contribution in [-0.4, -0.2) is 23.4 Å². The number of carbonyl (C=O) groups excluding carboxylic acids is 1. The van der Waals surface area contributed by atoms with Gasteiger partial charge in [0, 0.05) is 6.61 Å². The molecule has 4 nitrogen and oxygen atoms in total. The average molecular weight is 215 g/mol. The summed E-state index contributed by atoms with van der Waals surface area (Å²) in [5.74, 6) is 1.04. The van der Waals surface area contributed by atoms with Gasteiger partial charge in [-0.05, 0) is 51.4 Å². The zero-order valence-corrected chi connectivity index (χ0v) is 9.53. The second-order valence-corrected chi connectivity index (χ2v) is 5.00. The van der Waals surface area contributed by atoms with Crippen LogP contribution in [0.2, 0.25) is 0 Å². The molecule has 0 saturated heterocycles. The summed E-state index contributed by atoms with van der Waals surface area (Å²) in [7, 11) is 0. The molecule has 15 heavy (non-hydrogen) atoms. The van der Waals surface area contributed by atoms with E-state index in [1.807, 2.05) is 13.8 Å². The Bertz CT molecular complexity index is 226. The lowest BCUT2D eigenvalue weighted by Gasteiger charge is -2.37. The normalized spacial score (nSPS) is 25.8. The van der Waals surface area contributed by atoms with Gasteiger partial charge in [-0.15, -0.1) is 0 Å². The first-order chi connectivity index (χ1) is 6.94. The maximum Gasteiger partial charge on any atom is 0.405 e. The van der Waals surface area contributed by atoms with Crippen molar-refractivity contribution < 1.29 is 14.6 Å². The predicted molar refractivity (Wildman–Crippen MR) is 57.3 cm³/mol. The van der Waals surface area contributed by atoms with Crippen LogP contribution >= 0.6 is 0 Å². The van der Waals surface area contributed by atoms with Crippen LogP contribution in [-0.2, 0) is 4.74 Å². The number of hydrogen-bond donors (Lipinski definition) is 2. The lowest BCUT2D eigenvalue weighted by atomic mass is 9.71. The SMILES string of the molecule is CC(C)(CCC1CCC1CO)OC(N)=O. The van der Waals surface area contributed by atoms with Crippen LogP contribution in [0.15, 0.2) is 0 Å². The first kappa shape index (κ1) is 12.3. The van der Waals surface area contributed by atoms with Crippen LogP contribution in [0.5, 0.6) is 0 Å². The summed E-state index contributed by atoms with van der Waals surface area (Å²) < 4.78 is 5.00. The Morgan fingerprint density at radius 3 is 2.47 bits per heavy atom. The summed E-state index contributed by atoms with van der Waals surface area (Å²) in [6, 6.07) is 0. The summed E-state index contributed by atoms with van der Waals surface area (Å²) >= 11 is 0. The molecule has 0 aromatic carbocycles. The quantitative estimate of drug-likeness (QED) is 0.732. The molecule has 0 aromatic heterocycles. The van der Waals surface area contributed by atoms with Gasteiger partial charge in [-0.2, -0.15) is 0 Å². The second kappa shape index (κ2) is 4.84. The Balaban J connectivity index is 2.26. The number of hydrogen-bond acceptors (Lipinski definition) is 3. The van der Waals surface area contributed by atoms with Crippen molar-refractivity contribution in [1.29, 1.82) is 0 Å². The molecule has 88 valence electrons. The third-order valence-electron chi connectivity index (χ3n) is 3.30. The van der Waals surface area contributed by atoms with E-state index < -0.39 is 11.7 Å². The van der Waals surface area contributed by atoms with Gasteiger partial charge >= 0.3 is 6.09 Å². The van der Waals surface area contributed by atoms with E-state index in [2.05, 4.69) is 0 Å². The Hall–Kier alpha value is -0.770. The Morgan fingerprint density at radius 1 is 1.47 bits per heavy atom. The molecule has 0 aliphatic heterocycles. The van der Waals surface area contributed by atoms with Crippen molar-refractivity contribution in [3.05, 3.63) is 0 Å². The molecule has 4 heteroatoms. The van der Waals surface area contributed by atoms with Gasteiger partial charge in [-0.1, -0.05) is 0 Å². The van der Waals surface area contributed by atoms with Crippen LogP contribution in [0.25, 0.3) is 0 Å². The third kappa shape index (κ3) is 3.70. The number of aliphatic hydroxyl groups is 1. The molecule has 1 saturated carbocycles. The standard InChI is InChI=1S/C11H21NO3/c1-11(2,15-10(12)14)6-5-8-3-4-9(8)7-13/h8-9,13H,3-7H2,1-2H3,(H2,12,14). The molecule has 1 aliphatic rings. The highest BCUT2D eigenvalue weighted by Gasteiger charge is 2.32. The minimum Gasteiger partial charge on any atom is -0.444 e. The maximum absolute atomic E-state index is 10.6.